The SMILES string of the molecule is COc1csc(C(=O)N2CCNCc3ccccc32)c1.Cl. The van der Waals surface area contributed by atoms with Crippen LogP contribution in [0.15, 0.2) is 35.7 Å². The monoisotopic (exact) mass is 324 g/mol. The van der Waals surface area contributed by atoms with E-state index in [9.17, 15) is 4.79 Å². The largest absolute Gasteiger partial charge is 0.496 e. The van der Waals surface area contributed by atoms with Gasteiger partial charge in [0.2, 0.25) is 0 Å². The van der Waals surface area contributed by atoms with Gasteiger partial charge in [-0.25, -0.2) is 0 Å². The molecule has 112 valence electrons. The summed E-state index contributed by atoms with van der Waals surface area (Å²) in [5, 5.41) is 5.20. The second-order valence-electron chi connectivity index (χ2n) is 4.61. The van der Waals surface area contributed by atoms with E-state index in [4.69, 9.17) is 4.74 Å². The molecule has 0 radical (unpaired) electrons. The summed E-state index contributed by atoms with van der Waals surface area (Å²) in [5.74, 6) is 0.772. The average Bonchev–Trinajstić information content (AvgIpc) is 2.86. The molecule has 2 aromatic rings. The topological polar surface area (TPSA) is 41.6 Å². The van der Waals surface area contributed by atoms with Gasteiger partial charge in [-0.15, -0.1) is 23.7 Å². The summed E-state index contributed by atoms with van der Waals surface area (Å²) in [4.78, 5) is 15.3. The van der Waals surface area contributed by atoms with Gasteiger partial charge in [0.1, 0.15) is 5.75 Å². The number of para-hydroxylation sites is 1. The number of carbonyl (C=O) groups is 1. The quantitative estimate of drug-likeness (QED) is 0.923. The fourth-order valence-electron chi connectivity index (χ4n) is 2.34. The van der Waals surface area contributed by atoms with Gasteiger partial charge in [-0.1, -0.05) is 18.2 Å². The number of nitrogens with zero attached hydrogens (tertiary/aromatic N) is 1. The van der Waals surface area contributed by atoms with Gasteiger partial charge in [0.25, 0.3) is 5.91 Å². The molecule has 3 rings (SSSR count). The van der Waals surface area contributed by atoms with E-state index in [1.54, 1.807) is 13.2 Å². The van der Waals surface area contributed by atoms with E-state index in [2.05, 4.69) is 11.4 Å². The molecule has 1 N–H and O–H groups in total. The van der Waals surface area contributed by atoms with Crippen molar-refractivity contribution < 1.29 is 9.53 Å². The predicted octanol–water partition coefficient (Wildman–Crippen LogP) is 2.93. The van der Waals surface area contributed by atoms with Crippen LogP contribution in [0.2, 0.25) is 0 Å². The zero-order valence-corrected chi connectivity index (χ0v) is 13.3. The molecule has 0 atom stereocenters. The Labute approximate surface area is 134 Å². The number of halogens is 1. The van der Waals surface area contributed by atoms with Gasteiger partial charge in [-0.05, 0) is 11.6 Å². The highest BCUT2D eigenvalue weighted by Gasteiger charge is 2.23. The summed E-state index contributed by atoms with van der Waals surface area (Å²) in [5.41, 5.74) is 2.15. The summed E-state index contributed by atoms with van der Waals surface area (Å²) in [6.45, 7) is 2.27. The first-order valence-electron chi connectivity index (χ1n) is 6.52. The third kappa shape index (κ3) is 3.20. The van der Waals surface area contributed by atoms with E-state index in [0.717, 1.165) is 30.1 Å². The maximum absolute atomic E-state index is 12.7. The molecule has 0 bridgehead atoms. The second-order valence-corrected chi connectivity index (χ2v) is 5.52. The number of ether oxygens (including phenoxy) is 1. The number of benzene rings is 1. The lowest BCUT2D eigenvalue weighted by Crippen LogP contribution is -2.34. The van der Waals surface area contributed by atoms with Crippen molar-refractivity contribution in [3.8, 4) is 5.75 Å². The minimum Gasteiger partial charge on any atom is -0.496 e. The summed E-state index contributed by atoms with van der Waals surface area (Å²) >= 11 is 1.42. The lowest BCUT2D eigenvalue weighted by molar-refractivity contribution is 0.0991. The first-order chi connectivity index (χ1) is 9.79. The summed E-state index contributed by atoms with van der Waals surface area (Å²) in [6.07, 6.45) is 0. The fourth-order valence-corrected chi connectivity index (χ4v) is 3.14. The number of rotatable bonds is 2. The van der Waals surface area contributed by atoms with E-state index in [-0.39, 0.29) is 18.3 Å². The van der Waals surface area contributed by atoms with Gasteiger partial charge in [-0.3, -0.25) is 4.79 Å². The number of hydrogen-bond donors (Lipinski definition) is 1. The first kappa shape index (κ1) is 15.8. The predicted molar refractivity (Wildman–Crippen MR) is 87.9 cm³/mol. The zero-order valence-electron chi connectivity index (χ0n) is 11.7. The van der Waals surface area contributed by atoms with Crippen molar-refractivity contribution in [3.05, 3.63) is 46.2 Å². The lowest BCUT2D eigenvalue weighted by Gasteiger charge is -2.21. The summed E-state index contributed by atoms with van der Waals surface area (Å²) < 4.78 is 5.15. The first-order valence-corrected chi connectivity index (χ1v) is 7.40. The van der Waals surface area contributed by atoms with Crippen LogP contribution in [0.4, 0.5) is 5.69 Å². The van der Waals surface area contributed by atoms with Crippen LogP contribution in [0, 0.1) is 0 Å². The van der Waals surface area contributed by atoms with Gasteiger partial charge in [0, 0.05) is 36.8 Å². The van der Waals surface area contributed by atoms with Gasteiger partial charge < -0.3 is 15.0 Å². The third-order valence-corrected chi connectivity index (χ3v) is 4.27. The van der Waals surface area contributed by atoms with Crippen molar-refractivity contribution in [2.45, 2.75) is 6.54 Å². The van der Waals surface area contributed by atoms with E-state index >= 15 is 0 Å². The highest BCUT2D eigenvalue weighted by atomic mass is 35.5. The number of fused-ring (bicyclic) bond motifs is 1. The number of thiophene rings is 1. The Balaban J connectivity index is 0.00000161. The highest BCUT2D eigenvalue weighted by molar-refractivity contribution is 7.12. The average molecular weight is 325 g/mol. The maximum Gasteiger partial charge on any atom is 0.268 e. The standard InChI is InChI=1S/C15H16N2O2S.ClH/c1-19-12-8-14(20-10-12)15(18)17-7-6-16-9-11-4-2-3-5-13(11)17;/h2-5,8,10,16H,6-7,9H2,1H3;1H. The summed E-state index contributed by atoms with van der Waals surface area (Å²) in [7, 11) is 1.61. The number of anilines is 1. The van der Waals surface area contributed by atoms with Crippen molar-refractivity contribution >= 4 is 35.3 Å². The normalized spacial score (nSPS) is 13.9. The van der Waals surface area contributed by atoms with Crippen LogP contribution < -0.4 is 15.0 Å². The molecular formula is C15H17ClN2O2S. The van der Waals surface area contributed by atoms with Crippen LogP contribution in [0.5, 0.6) is 5.75 Å². The van der Waals surface area contributed by atoms with Crippen molar-refractivity contribution in [3.63, 3.8) is 0 Å². The van der Waals surface area contributed by atoms with Crippen LogP contribution in [0.25, 0.3) is 0 Å². The van der Waals surface area contributed by atoms with Crippen LogP contribution in [0.3, 0.4) is 0 Å². The summed E-state index contributed by atoms with van der Waals surface area (Å²) in [6, 6.07) is 9.84. The molecule has 21 heavy (non-hydrogen) atoms. The van der Waals surface area contributed by atoms with Gasteiger partial charge >= 0.3 is 0 Å². The van der Waals surface area contributed by atoms with E-state index < -0.39 is 0 Å². The van der Waals surface area contributed by atoms with E-state index in [1.165, 1.54) is 11.3 Å². The number of nitrogens with one attached hydrogen (secondary N) is 1. The van der Waals surface area contributed by atoms with Gasteiger partial charge in [0.15, 0.2) is 0 Å². The molecule has 0 aliphatic carbocycles. The Kier molecular flexibility index (Phi) is 5.22. The maximum atomic E-state index is 12.7. The van der Waals surface area contributed by atoms with Gasteiger partial charge in [0.05, 0.1) is 12.0 Å². The van der Waals surface area contributed by atoms with Crippen LogP contribution in [0.1, 0.15) is 15.2 Å². The zero-order chi connectivity index (χ0) is 13.9. The van der Waals surface area contributed by atoms with Crippen LogP contribution in [-0.4, -0.2) is 26.1 Å². The minimum absolute atomic E-state index is 0. The lowest BCUT2D eigenvalue weighted by atomic mass is 10.1. The molecule has 2 heterocycles. The van der Waals surface area contributed by atoms with Crippen molar-refractivity contribution in [1.82, 2.24) is 5.32 Å². The molecule has 1 aliphatic heterocycles. The second kappa shape index (κ2) is 6.93. The van der Waals surface area contributed by atoms with Crippen LogP contribution in [-0.2, 0) is 6.54 Å². The van der Waals surface area contributed by atoms with E-state index in [0.29, 0.717) is 11.4 Å². The Bertz CT molecular complexity index is 630. The molecular weight excluding hydrogens is 308 g/mol. The molecule has 4 nitrogen and oxygen atoms in total. The fraction of sp³-hybridized carbons (Fsp3) is 0.267. The Morgan fingerprint density at radius 2 is 2.19 bits per heavy atom. The molecule has 1 amide bonds. The number of methoxy groups -OCH3 is 1. The Hall–Kier alpha value is -1.56. The number of hydrogen-bond acceptors (Lipinski definition) is 4. The molecule has 1 aromatic carbocycles. The van der Waals surface area contributed by atoms with Gasteiger partial charge in [-0.2, -0.15) is 0 Å². The van der Waals surface area contributed by atoms with Crippen molar-refractivity contribution in [2.75, 3.05) is 25.1 Å². The molecule has 6 heteroatoms. The molecule has 0 saturated carbocycles. The molecule has 1 aromatic heterocycles. The Morgan fingerprint density at radius 1 is 1.38 bits per heavy atom. The molecule has 1 aliphatic rings. The highest BCUT2D eigenvalue weighted by Crippen LogP contribution is 2.27. The Morgan fingerprint density at radius 3 is 2.95 bits per heavy atom. The number of amides is 1. The van der Waals surface area contributed by atoms with Crippen molar-refractivity contribution in [2.24, 2.45) is 0 Å². The molecule has 0 spiro atoms. The minimum atomic E-state index is 0. The third-order valence-electron chi connectivity index (χ3n) is 3.38. The molecule has 0 fully saturated rings. The van der Waals surface area contributed by atoms with E-state index in [1.807, 2.05) is 28.5 Å². The smallest absolute Gasteiger partial charge is 0.268 e. The molecule has 0 unspecified atom stereocenters. The molecule has 0 saturated heterocycles. The number of carbonyl (C=O) groups excluding carboxylic acids is 1. The van der Waals surface area contributed by atoms with Crippen LogP contribution >= 0.6 is 23.7 Å². The van der Waals surface area contributed by atoms with Crippen molar-refractivity contribution in [1.29, 1.82) is 0 Å².